The molecule has 0 saturated heterocycles. The zero-order chi connectivity index (χ0) is 12.1. The van der Waals surface area contributed by atoms with Crippen LogP contribution in [0.1, 0.15) is 12.0 Å². The van der Waals surface area contributed by atoms with Gasteiger partial charge in [-0.15, -0.1) is 6.58 Å². The highest BCUT2D eigenvalue weighted by molar-refractivity contribution is 5.97. The number of allylic oxidation sites excluding steroid dienone is 2. The summed E-state index contributed by atoms with van der Waals surface area (Å²) in [5, 5.41) is 8.72. The van der Waals surface area contributed by atoms with Crippen molar-refractivity contribution in [2.75, 3.05) is 11.6 Å². The largest absolute Gasteiger partial charge is 0.328 e. The number of rotatable bonds is 3. The van der Waals surface area contributed by atoms with Crippen molar-refractivity contribution in [3.63, 3.8) is 0 Å². The van der Waals surface area contributed by atoms with E-state index in [-0.39, 0.29) is 0 Å². The summed E-state index contributed by atoms with van der Waals surface area (Å²) in [7, 11) is 0. The Bertz CT molecular complexity index is 503. The van der Waals surface area contributed by atoms with Gasteiger partial charge < -0.3 is 4.90 Å². The molecule has 84 valence electrons. The first-order valence-electron chi connectivity index (χ1n) is 5.42. The van der Waals surface area contributed by atoms with Crippen molar-refractivity contribution in [1.29, 1.82) is 5.26 Å². The molecule has 0 N–H and O–H groups in total. The number of anilines is 1. The Morgan fingerprint density at radius 1 is 1.41 bits per heavy atom. The summed E-state index contributed by atoms with van der Waals surface area (Å²) in [5.74, 6) is 0. The SMILES string of the molecule is C=CCC1=NCN(c2ccc(C#N)cc2)C=C1. The normalized spacial score (nSPS) is 14.1. The van der Waals surface area contributed by atoms with Crippen LogP contribution in [0.15, 0.2) is 54.2 Å². The minimum atomic E-state index is 0.617. The van der Waals surface area contributed by atoms with Gasteiger partial charge in [-0.25, -0.2) is 0 Å². The van der Waals surface area contributed by atoms with Crippen molar-refractivity contribution >= 4 is 11.4 Å². The van der Waals surface area contributed by atoms with Crippen LogP contribution in [-0.2, 0) is 0 Å². The summed E-state index contributed by atoms with van der Waals surface area (Å²) < 4.78 is 0. The molecule has 0 fully saturated rings. The van der Waals surface area contributed by atoms with Gasteiger partial charge in [0.25, 0.3) is 0 Å². The lowest BCUT2D eigenvalue weighted by atomic mass is 10.2. The molecule has 3 heteroatoms. The van der Waals surface area contributed by atoms with Crippen molar-refractivity contribution in [3.05, 3.63) is 54.8 Å². The zero-order valence-electron chi connectivity index (χ0n) is 9.50. The molecule has 0 aliphatic carbocycles. The maximum Gasteiger partial charge on any atom is 0.114 e. The number of aliphatic imine (C=N–C) groups is 1. The van der Waals surface area contributed by atoms with Crippen molar-refractivity contribution in [2.45, 2.75) is 6.42 Å². The maximum atomic E-state index is 8.72. The average molecular weight is 223 g/mol. The van der Waals surface area contributed by atoms with Gasteiger partial charge in [0.15, 0.2) is 0 Å². The lowest BCUT2D eigenvalue weighted by Gasteiger charge is -2.21. The first kappa shape index (κ1) is 11.2. The third kappa shape index (κ3) is 2.61. The third-order valence-electron chi connectivity index (χ3n) is 2.55. The fourth-order valence-electron chi connectivity index (χ4n) is 1.62. The van der Waals surface area contributed by atoms with Gasteiger partial charge in [-0.2, -0.15) is 5.26 Å². The summed E-state index contributed by atoms with van der Waals surface area (Å²) in [6, 6.07) is 9.58. The van der Waals surface area contributed by atoms with E-state index in [0.717, 1.165) is 17.8 Å². The van der Waals surface area contributed by atoms with Crippen LogP contribution in [0.5, 0.6) is 0 Å². The molecule has 1 aromatic carbocycles. The Kier molecular flexibility index (Phi) is 3.37. The maximum absolute atomic E-state index is 8.72. The van der Waals surface area contributed by atoms with Crippen molar-refractivity contribution in [1.82, 2.24) is 0 Å². The Morgan fingerprint density at radius 3 is 2.71 bits per heavy atom. The van der Waals surface area contributed by atoms with Crippen molar-refractivity contribution < 1.29 is 0 Å². The van der Waals surface area contributed by atoms with E-state index in [2.05, 4.69) is 17.6 Å². The molecule has 1 aromatic rings. The van der Waals surface area contributed by atoms with Crippen molar-refractivity contribution in [3.8, 4) is 6.07 Å². The molecule has 3 nitrogen and oxygen atoms in total. The minimum Gasteiger partial charge on any atom is -0.328 e. The van der Waals surface area contributed by atoms with Crippen LogP contribution in [0.2, 0.25) is 0 Å². The molecule has 0 saturated carbocycles. The first-order valence-corrected chi connectivity index (χ1v) is 5.42. The van der Waals surface area contributed by atoms with Gasteiger partial charge in [0.2, 0.25) is 0 Å². The fourth-order valence-corrected chi connectivity index (χ4v) is 1.62. The van der Waals surface area contributed by atoms with E-state index in [9.17, 15) is 0 Å². The van der Waals surface area contributed by atoms with Crippen molar-refractivity contribution in [2.24, 2.45) is 4.99 Å². The second-order valence-electron chi connectivity index (χ2n) is 3.73. The minimum absolute atomic E-state index is 0.617. The topological polar surface area (TPSA) is 39.4 Å². The smallest absolute Gasteiger partial charge is 0.114 e. The summed E-state index contributed by atoms with van der Waals surface area (Å²) in [6.07, 6.45) is 6.65. The quantitative estimate of drug-likeness (QED) is 0.739. The van der Waals surface area contributed by atoms with E-state index in [1.165, 1.54) is 0 Å². The van der Waals surface area contributed by atoms with E-state index in [4.69, 9.17) is 5.26 Å². The average Bonchev–Trinajstić information content (AvgIpc) is 2.40. The third-order valence-corrected chi connectivity index (χ3v) is 2.55. The molecular weight excluding hydrogens is 210 g/mol. The van der Waals surface area contributed by atoms with Crippen LogP contribution in [0.3, 0.4) is 0 Å². The lowest BCUT2D eigenvalue weighted by molar-refractivity contribution is 0.957. The van der Waals surface area contributed by atoms with E-state index in [1.54, 1.807) is 0 Å². The Morgan fingerprint density at radius 2 is 2.18 bits per heavy atom. The van der Waals surface area contributed by atoms with E-state index >= 15 is 0 Å². The Hall–Kier alpha value is -2.34. The van der Waals surface area contributed by atoms with Crippen LogP contribution in [0, 0.1) is 11.3 Å². The molecule has 1 heterocycles. The number of nitriles is 1. The summed E-state index contributed by atoms with van der Waals surface area (Å²) in [6.45, 7) is 4.31. The highest BCUT2D eigenvalue weighted by Crippen LogP contribution is 2.17. The second-order valence-corrected chi connectivity index (χ2v) is 3.73. The van der Waals surface area contributed by atoms with Crippen LogP contribution in [0.25, 0.3) is 0 Å². The lowest BCUT2D eigenvalue weighted by Crippen LogP contribution is -2.20. The van der Waals surface area contributed by atoms with Gasteiger partial charge in [0, 0.05) is 24.0 Å². The highest BCUT2D eigenvalue weighted by atomic mass is 15.2. The molecular formula is C14H13N3. The molecule has 17 heavy (non-hydrogen) atoms. The van der Waals surface area contributed by atoms with Gasteiger partial charge in [0.1, 0.15) is 6.67 Å². The molecule has 1 aliphatic rings. The molecule has 0 bridgehead atoms. The fraction of sp³-hybridized carbons (Fsp3) is 0.143. The molecule has 0 amide bonds. The number of benzene rings is 1. The zero-order valence-corrected chi connectivity index (χ0v) is 9.50. The molecule has 2 rings (SSSR count). The second kappa shape index (κ2) is 5.13. The molecule has 0 unspecified atom stereocenters. The Labute approximate surface area is 101 Å². The predicted octanol–water partition coefficient (Wildman–Crippen LogP) is 2.87. The molecule has 0 aromatic heterocycles. The molecule has 0 radical (unpaired) electrons. The van der Waals surface area contributed by atoms with Crippen LogP contribution in [0.4, 0.5) is 5.69 Å². The van der Waals surface area contributed by atoms with E-state index < -0.39 is 0 Å². The summed E-state index contributed by atoms with van der Waals surface area (Å²) >= 11 is 0. The highest BCUT2D eigenvalue weighted by Gasteiger charge is 2.06. The summed E-state index contributed by atoms with van der Waals surface area (Å²) in [4.78, 5) is 6.47. The van der Waals surface area contributed by atoms with Gasteiger partial charge in [-0.3, -0.25) is 4.99 Å². The van der Waals surface area contributed by atoms with Gasteiger partial charge in [0.05, 0.1) is 11.6 Å². The van der Waals surface area contributed by atoms with Crippen LogP contribution in [-0.4, -0.2) is 12.4 Å². The molecule has 1 aliphatic heterocycles. The van der Waals surface area contributed by atoms with Crippen LogP contribution >= 0.6 is 0 Å². The standard InChI is InChI=1S/C14H13N3/c1-2-3-13-8-9-17(11-16-13)14-6-4-12(10-15)5-7-14/h2,4-9H,1,3,11H2. The van der Waals surface area contributed by atoms with Gasteiger partial charge in [-0.1, -0.05) is 6.08 Å². The number of hydrogen-bond donors (Lipinski definition) is 0. The Balaban J connectivity index is 2.09. The molecule has 0 atom stereocenters. The first-order chi connectivity index (χ1) is 8.33. The number of hydrogen-bond acceptors (Lipinski definition) is 3. The number of nitrogens with zero attached hydrogens (tertiary/aromatic N) is 3. The van der Waals surface area contributed by atoms with Gasteiger partial charge in [-0.05, 0) is 30.3 Å². The van der Waals surface area contributed by atoms with Crippen LogP contribution < -0.4 is 4.90 Å². The predicted molar refractivity (Wildman–Crippen MR) is 69.9 cm³/mol. The van der Waals surface area contributed by atoms with E-state index in [0.29, 0.717) is 12.2 Å². The molecule has 0 spiro atoms. The monoisotopic (exact) mass is 223 g/mol. The summed E-state index contributed by atoms with van der Waals surface area (Å²) in [5.41, 5.74) is 2.76. The van der Waals surface area contributed by atoms with Gasteiger partial charge >= 0.3 is 0 Å². The van der Waals surface area contributed by atoms with E-state index in [1.807, 2.05) is 47.5 Å².